The van der Waals surface area contributed by atoms with Crippen LogP contribution in [0.5, 0.6) is 0 Å². The molecular weight excluding hydrogens is 252 g/mol. The third kappa shape index (κ3) is 3.99. The molecule has 5 heteroatoms. The van der Waals surface area contributed by atoms with E-state index in [2.05, 4.69) is 5.32 Å². The zero-order valence-corrected chi connectivity index (χ0v) is 10.5. The molecule has 1 amide bonds. The number of amides is 1. The average Bonchev–Trinajstić information content (AvgIpc) is 2.36. The van der Waals surface area contributed by atoms with Gasteiger partial charge in [-0.05, 0) is 43.7 Å². The van der Waals surface area contributed by atoms with Crippen molar-refractivity contribution in [1.29, 1.82) is 0 Å². The number of carbonyl (C=O) groups excluding carboxylic acids is 1. The lowest BCUT2D eigenvalue weighted by molar-refractivity contribution is 0.0909. The summed E-state index contributed by atoms with van der Waals surface area (Å²) in [6, 6.07) is 2.77. The molecule has 19 heavy (non-hydrogen) atoms. The Morgan fingerprint density at radius 1 is 1.16 bits per heavy atom. The lowest BCUT2D eigenvalue weighted by Gasteiger charge is -2.25. The summed E-state index contributed by atoms with van der Waals surface area (Å²) in [6.07, 6.45) is 2.98. The summed E-state index contributed by atoms with van der Waals surface area (Å²) in [4.78, 5) is 11.8. The number of hydrogen-bond acceptors (Lipinski definition) is 2. The smallest absolute Gasteiger partial charge is 0.251 e. The molecule has 2 rings (SSSR count). The molecule has 0 saturated heterocycles. The lowest BCUT2D eigenvalue weighted by Crippen LogP contribution is -2.32. The Labute approximate surface area is 110 Å². The number of aliphatic hydroxyl groups is 1. The lowest BCUT2D eigenvalue weighted by atomic mass is 9.87. The Balaban J connectivity index is 1.87. The third-order valence-corrected chi connectivity index (χ3v) is 3.49. The molecule has 1 aliphatic carbocycles. The molecule has 104 valence electrons. The van der Waals surface area contributed by atoms with Gasteiger partial charge >= 0.3 is 0 Å². The number of carbonyl (C=O) groups is 1. The standard InChI is InChI=1S/C14H17F2NO2/c15-11-5-10(6-12(16)7-11)14(19)17-8-9-1-3-13(18)4-2-9/h5-7,9,13,18H,1-4,8H2,(H,17,19). The van der Waals surface area contributed by atoms with Gasteiger partial charge in [-0.3, -0.25) is 4.79 Å². The summed E-state index contributed by atoms with van der Waals surface area (Å²) in [5, 5.41) is 12.1. The summed E-state index contributed by atoms with van der Waals surface area (Å²) >= 11 is 0. The number of nitrogens with one attached hydrogen (secondary N) is 1. The van der Waals surface area contributed by atoms with E-state index >= 15 is 0 Å². The molecule has 0 radical (unpaired) electrons. The van der Waals surface area contributed by atoms with Gasteiger partial charge in [-0.1, -0.05) is 0 Å². The maximum absolute atomic E-state index is 13.0. The van der Waals surface area contributed by atoms with E-state index in [4.69, 9.17) is 0 Å². The number of aliphatic hydroxyl groups excluding tert-OH is 1. The van der Waals surface area contributed by atoms with E-state index in [-0.39, 0.29) is 11.7 Å². The first-order valence-corrected chi connectivity index (χ1v) is 6.47. The van der Waals surface area contributed by atoms with Gasteiger partial charge in [-0.2, -0.15) is 0 Å². The van der Waals surface area contributed by atoms with E-state index in [9.17, 15) is 18.7 Å². The van der Waals surface area contributed by atoms with Crippen LogP contribution in [0.4, 0.5) is 8.78 Å². The summed E-state index contributed by atoms with van der Waals surface area (Å²) in [5.74, 6) is -1.66. The van der Waals surface area contributed by atoms with E-state index in [1.807, 2.05) is 0 Å². The highest BCUT2D eigenvalue weighted by Crippen LogP contribution is 2.23. The molecule has 0 bridgehead atoms. The highest BCUT2D eigenvalue weighted by molar-refractivity contribution is 5.94. The highest BCUT2D eigenvalue weighted by Gasteiger charge is 2.20. The van der Waals surface area contributed by atoms with Gasteiger partial charge in [0.25, 0.3) is 5.91 Å². The Morgan fingerprint density at radius 3 is 2.32 bits per heavy atom. The van der Waals surface area contributed by atoms with Crippen LogP contribution in [0, 0.1) is 17.6 Å². The normalized spacial score (nSPS) is 23.1. The number of benzene rings is 1. The van der Waals surface area contributed by atoms with Crippen LogP contribution in [-0.2, 0) is 0 Å². The molecule has 2 N–H and O–H groups in total. The predicted octanol–water partition coefficient (Wildman–Crippen LogP) is 2.25. The van der Waals surface area contributed by atoms with Crippen molar-refractivity contribution >= 4 is 5.91 Å². The Hall–Kier alpha value is -1.49. The van der Waals surface area contributed by atoms with Crippen LogP contribution in [0.25, 0.3) is 0 Å². The van der Waals surface area contributed by atoms with Gasteiger partial charge in [0.2, 0.25) is 0 Å². The largest absolute Gasteiger partial charge is 0.393 e. The van der Waals surface area contributed by atoms with Crippen molar-refractivity contribution in [3.63, 3.8) is 0 Å². The minimum absolute atomic E-state index is 0.00616. The van der Waals surface area contributed by atoms with Crippen LogP contribution in [0.2, 0.25) is 0 Å². The molecule has 0 atom stereocenters. The Kier molecular flexibility index (Phi) is 4.47. The van der Waals surface area contributed by atoms with E-state index in [1.165, 1.54) is 0 Å². The van der Waals surface area contributed by atoms with Crippen molar-refractivity contribution in [1.82, 2.24) is 5.32 Å². The quantitative estimate of drug-likeness (QED) is 0.884. The van der Waals surface area contributed by atoms with Crippen LogP contribution in [0.15, 0.2) is 18.2 Å². The van der Waals surface area contributed by atoms with E-state index in [0.717, 1.165) is 43.9 Å². The molecule has 0 aliphatic heterocycles. The molecule has 3 nitrogen and oxygen atoms in total. The average molecular weight is 269 g/mol. The Bertz CT molecular complexity index is 437. The fraction of sp³-hybridized carbons (Fsp3) is 0.500. The molecule has 0 aromatic heterocycles. The number of halogens is 2. The van der Waals surface area contributed by atoms with Crippen molar-refractivity contribution in [2.24, 2.45) is 5.92 Å². The molecule has 0 unspecified atom stereocenters. The second-order valence-corrected chi connectivity index (χ2v) is 5.04. The van der Waals surface area contributed by atoms with Crippen molar-refractivity contribution in [2.75, 3.05) is 6.54 Å². The van der Waals surface area contributed by atoms with Crippen molar-refractivity contribution in [2.45, 2.75) is 31.8 Å². The van der Waals surface area contributed by atoms with Gasteiger partial charge in [-0.15, -0.1) is 0 Å². The summed E-state index contributed by atoms with van der Waals surface area (Å²) in [5.41, 5.74) is -0.00616. The topological polar surface area (TPSA) is 49.3 Å². The van der Waals surface area contributed by atoms with E-state index in [0.29, 0.717) is 12.5 Å². The summed E-state index contributed by atoms with van der Waals surface area (Å²) < 4.78 is 26.0. The van der Waals surface area contributed by atoms with Crippen LogP contribution in [0.3, 0.4) is 0 Å². The van der Waals surface area contributed by atoms with Crippen LogP contribution >= 0.6 is 0 Å². The van der Waals surface area contributed by atoms with Crippen LogP contribution in [-0.4, -0.2) is 23.7 Å². The van der Waals surface area contributed by atoms with Crippen molar-refractivity contribution in [3.8, 4) is 0 Å². The molecule has 0 heterocycles. The molecule has 1 aromatic rings. The van der Waals surface area contributed by atoms with Gasteiger partial charge in [-0.25, -0.2) is 8.78 Å². The fourth-order valence-corrected chi connectivity index (χ4v) is 2.37. The summed E-state index contributed by atoms with van der Waals surface area (Å²) in [7, 11) is 0. The predicted molar refractivity (Wildman–Crippen MR) is 66.7 cm³/mol. The second kappa shape index (κ2) is 6.10. The number of rotatable bonds is 3. The van der Waals surface area contributed by atoms with Gasteiger partial charge in [0, 0.05) is 18.2 Å². The molecule has 1 aliphatic rings. The summed E-state index contributed by atoms with van der Waals surface area (Å²) in [6.45, 7) is 0.476. The van der Waals surface area contributed by atoms with Gasteiger partial charge in [0.1, 0.15) is 11.6 Å². The van der Waals surface area contributed by atoms with Crippen LogP contribution in [0.1, 0.15) is 36.0 Å². The van der Waals surface area contributed by atoms with Crippen molar-refractivity contribution < 1.29 is 18.7 Å². The van der Waals surface area contributed by atoms with Crippen LogP contribution < -0.4 is 5.32 Å². The first-order valence-electron chi connectivity index (χ1n) is 6.47. The first-order chi connectivity index (χ1) is 9.04. The minimum atomic E-state index is -0.758. The minimum Gasteiger partial charge on any atom is -0.393 e. The van der Waals surface area contributed by atoms with E-state index in [1.54, 1.807) is 0 Å². The molecule has 1 fully saturated rings. The van der Waals surface area contributed by atoms with E-state index < -0.39 is 17.5 Å². The zero-order valence-electron chi connectivity index (χ0n) is 10.5. The molecule has 0 spiro atoms. The van der Waals surface area contributed by atoms with Crippen molar-refractivity contribution in [3.05, 3.63) is 35.4 Å². The molecule has 1 saturated carbocycles. The zero-order chi connectivity index (χ0) is 13.8. The SMILES string of the molecule is O=C(NCC1CCC(O)CC1)c1cc(F)cc(F)c1. The van der Waals surface area contributed by atoms with Gasteiger partial charge in [0.15, 0.2) is 0 Å². The first kappa shape index (κ1) is 13.9. The highest BCUT2D eigenvalue weighted by atomic mass is 19.1. The monoisotopic (exact) mass is 269 g/mol. The second-order valence-electron chi connectivity index (χ2n) is 5.04. The van der Waals surface area contributed by atoms with Gasteiger partial charge < -0.3 is 10.4 Å². The van der Waals surface area contributed by atoms with Gasteiger partial charge in [0.05, 0.1) is 6.10 Å². The maximum atomic E-state index is 13.0. The maximum Gasteiger partial charge on any atom is 0.251 e. The Morgan fingerprint density at radius 2 is 1.74 bits per heavy atom. The third-order valence-electron chi connectivity index (χ3n) is 3.49. The number of hydrogen-bond donors (Lipinski definition) is 2. The fourth-order valence-electron chi connectivity index (χ4n) is 2.37. The molecular formula is C14H17F2NO2. The molecule has 1 aromatic carbocycles.